The van der Waals surface area contributed by atoms with Gasteiger partial charge in [-0.3, -0.25) is 4.79 Å². The number of aliphatic hydroxyl groups is 4. The summed E-state index contributed by atoms with van der Waals surface area (Å²) in [7, 11) is 0. The van der Waals surface area contributed by atoms with Gasteiger partial charge >= 0.3 is 5.97 Å². The molecule has 8 heteroatoms. The Morgan fingerprint density at radius 1 is 0.886 bits per heavy atom. The van der Waals surface area contributed by atoms with E-state index in [2.05, 4.69) is 54.5 Å². The van der Waals surface area contributed by atoms with Gasteiger partial charge in [-0.15, -0.1) is 0 Å². The van der Waals surface area contributed by atoms with E-state index in [4.69, 9.17) is 9.47 Å². The van der Waals surface area contributed by atoms with Crippen molar-refractivity contribution >= 4 is 5.97 Å². The molecule has 250 valence electrons. The predicted octanol–water partition coefficient (Wildman–Crippen LogP) is 5.06. The molecule has 8 nitrogen and oxygen atoms in total. The number of hydrogen-bond donors (Lipinski definition) is 5. The van der Waals surface area contributed by atoms with Crippen LogP contribution in [0.3, 0.4) is 0 Å². The lowest BCUT2D eigenvalue weighted by Gasteiger charge is -2.71. The highest BCUT2D eigenvalue weighted by atomic mass is 16.7. The van der Waals surface area contributed by atoms with Gasteiger partial charge in [-0.1, -0.05) is 60.1 Å². The molecule has 0 aromatic carbocycles. The van der Waals surface area contributed by atoms with Gasteiger partial charge < -0.3 is 35.0 Å². The number of ether oxygens (including phenoxy) is 2. The van der Waals surface area contributed by atoms with Crippen LogP contribution in [0.2, 0.25) is 0 Å². The molecule has 4 saturated carbocycles. The summed E-state index contributed by atoms with van der Waals surface area (Å²) in [6, 6.07) is 0. The van der Waals surface area contributed by atoms with Crippen molar-refractivity contribution in [3.63, 3.8) is 0 Å². The highest BCUT2D eigenvalue weighted by Gasteiger charge is 2.69. The van der Waals surface area contributed by atoms with Crippen molar-refractivity contribution < 1.29 is 39.8 Å². The minimum atomic E-state index is -1.45. The van der Waals surface area contributed by atoms with Crippen molar-refractivity contribution in [1.82, 2.24) is 0 Å². The zero-order chi connectivity index (χ0) is 32.3. The van der Waals surface area contributed by atoms with Crippen LogP contribution in [0.15, 0.2) is 11.6 Å². The van der Waals surface area contributed by atoms with Crippen LogP contribution >= 0.6 is 0 Å². The van der Waals surface area contributed by atoms with Gasteiger partial charge in [-0.2, -0.15) is 0 Å². The topological polar surface area (TPSA) is 137 Å². The van der Waals surface area contributed by atoms with Gasteiger partial charge in [0, 0.05) is 0 Å². The number of hydrogen-bond acceptors (Lipinski definition) is 7. The Kier molecular flexibility index (Phi) is 7.84. The molecule has 44 heavy (non-hydrogen) atoms. The highest BCUT2D eigenvalue weighted by molar-refractivity contribution is 5.76. The van der Waals surface area contributed by atoms with Crippen molar-refractivity contribution in [3.8, 4) is 0 Å². The molecule has 5 fully saturated rings. The second kappa shape index (κ2) is 10.5. The SMILES string of the molecule is CC1(C)CC[C@]2(C(=O)O)CC[C@]3(C)C(=CC[C@@H]4[C@@]5(C)CC[C@H](O[C@@H]6O[C@H](CO)[C@@H](O)[C@H](O)[C@H]6O)C(C)(C)[C@H]5CC[C@]43C)[C@@H]2C1. The second-order valence-electron chi connectivity index (χ2n) is 17.9. The molecule has 0 aromatic heterocycles. The van der Waals surface area contributed by atoms with Crippen LogP contribution in [0.25, 0.3) is 0 Å². The fourth-order valence-corrected chi connectivity index (χ4v) is 12.2. The monoisotopic (exact) mass is 618 g/mol. The zero-order valence-corrected chi connectivity index (χ0v) is 28.0. The van der Waals surface area contributed by atoms with E-state index in [1.54, 1.807) is 0 Å². The third-order valence-corrected chi connectivity index (χ3v) is 15.1. The Morgan fingerprint density at radius 3 is 2.23 bits per heavy atom. The standard InChI is InChI=1S/C36H58O8/c1-31(2)14-16-36(30(41)42)17-15-34(6)20(21(36)18-31)8-9-24-33(5)12-11-25(32(3,4)23(33)10-13-35(24,34)7)44-29-28(40)27(39)26(38)22(19-37)43-29/h8,21-29,37-40H,9-19H2,1-7H3,(H,41,42)/t21-,22+,23+,24+,25-,26+,27-,28+,29-,33-,34+,35+,36-/m0/s1. The third kappa shape index (κ3) is 4.40. The Bertz CT molecular complexity index is 1180. The zero-order valence-electron chi connectivity index (χ0n) is 28.0. The highest BCUT2D eigenvalue weighted by Crippen LogP contribution is 2.76. The largest absolute Gasteiger partial charge is 0.481 e. The average molecular weight is 619 g/mol. The summed E-state index contributed by atoms with van der Waals surface area (Å²) in [5.41, 5.74) is 0.809. The third-order valence-electron chi connectivity index (χ3n) is 15.1. The summed E-state index contributed by atoms with van der Waals surface area (Å²) in [6.07, 6.45) is 5.19. The molecule has 0 bridgehead atoms. The van der Waals surface area contributed by atoms with E-state index in [-0.39, 0.29) is 39.1 Å². The van der Waals surface area contributed by atoms with Crippen molar-refractivity contribution in [2.45, 2.75) is 149 Å². The van der Waals surface area contributed by atoms with Crippen LogP contribution in [0.4, 0.5) is 0 Å². The average Bonchev–Trinajstić information content (AvgIpc) is 2.94. The molecule has 0 radical (unpaired) electrons. The summed E-state index contributed by atoms with van der Waals surface area (Å²) in [6.45, 7) is 16.2. The van der Waals surface area contributed by atoms with Crippen molar-refractivity contribution in [1.29, 1.82) is 0 Å². The Hall–Kier alpha value is -1.03. The van der Waals surface area contributed by atoms with Gasteiger partial charge in [0.1, 0.15) is 24.4 Å². The Labute approximate surface area is 263 Å². The minimum absolute atomic E-state index is 0.0330. The van der Waals surface area contributed by atoms with Gasteiger partial charge in [0.15, 0.2) is 6.29 Å². The van der Waals surface area contributed by atoms with Crippen LogP contribution in [-0.4, -0.2) is 74.9 Å². The summed E-state index contributed by atoms with van der Waals surface area (Å²) < 4.78 is 12.2. The first-order chi connectivity index (χ1) is 20.4. The van der Waals surface area contributed by atoms with Crippen LogP contribution in [-0.2, 0) is 14.3 Å². The molecule has 1 aliphatic heterocycles. The van der Waals surface area contributed by atoms with E-state index in [0.29, 0.717) is 11.8 Å². The van der Waals surface area contributed by atoms with E-state index < -0.39 is 48.7 Å². The molecule has 13 atom stereocenters. The summed E-state index contributed by atoms with van der Waals surface area (Å²) in [5.74, 6) is 0.336. The number of carboxylic acid groups (broad SMARTS) is 1. The van der Waals surface area contributed by atoms with E-state index in [0.717, 1.165) is 64.2 Å². The molecule has 0 aromatic rings. The van der Waals surface area contributed by atoms with E-state index >= 15 is 0 Å². The predicted molar refractivity (Wildman–Crippen MR) is 165 cm³/mol. The summed E-state index contributed by atoms with van der Waals surface area (Å²) in [5, 5.41) is 51.7. The number of aliphatic hydroxyl groups excluding tert-OH is 4. The minimum Gasteiger partial charge on any atom is -0.481 e. The first-order valence-electron chi connectivity index (χ1n) is 17.3. The number of carbonyl (C=O) groups is 1. The molecule has 0 amide bonds. The van der Waals surface area contributed by atoms with E-state index in [9.17, 15) is 30.3 Å². The summed E-state index contributed by atoms with van der Waals surface area (Å²) >= 11 is 0. The van der Waals surface area contributed by atoms with Gasteiger partial charge in [-0.25, -0.2) is 0 Å². The van der Waals surface area contributed by atoms with Gasteiger partial charge in [0.05, 0.1) is 18.1 Å². The molecule has 5 aliphatic carbocycles. The lowest BCUT2D eigenvalue weighted by Crippen LogP contribution is -2.66. The number of carboxylic acids is 1. The fraction of sp³-hybridized carbons (Fsp3) is 0.917. The molecule has 1 saturated heterocycles. The molecule has 6 rings (SSSR count). The molecule has 1 heterocycles. The molecule has 6 aliphatic rings. The Balaban J connectivity index is 1.29. The first-order valence-corrected chi connectivity index (χ1v) is 17.3. The number of aliphatic carboxylic acids is 1. The molecule has 0 spiro atoms. The van der Waals surface area contributed by atoms with E-state index in [1.165, 1.54) is 5.57 Å². The maximum Gasteiger partial charge on any atom is 0.310 e. The lowest BCUT2D eigenvalue weighted by molar-refractivity contribution is -0.330. The lowest BCUT2D eigenvalue weighted by atomic mass is 9.33. The van der Waals surface area contributed by atoms with Crippen LogP contribution in [0.5, 0.6) is 0 Å². The van der Waals surface area contributed by atoms with Crippen molar-refractivity contribution in [2.75, 3.05) is 6.61 Å². The van der Waals surface area contributed by atoms with E-state index in [1.807, 2.05) is 0 Å². The number of allylic oxidation sites excluding steroid dienone is 2. The maximum absolute atomic E-state index is 12.9. The molecular weight excluding hydrogens is 560 g/mol. The van der Waals surface area contributed by atoms with Gasteiger partial charge in [-0.05, 0) is 109 Å². The second-order valence-corrected chi connectivity index (χ2v) is 17.9. The van der Waals surface area contributed by atoms with Crippen molar-refractivity contribution in [3.05, 3.63) is 11.6 Å². The van der Waals surface area contributed by atoms with Crippen LogP contribution in [0.1, 0.15) is 113 Å². The first kappa shape index (κ1) is 32.9. The van der Waals surface area contributed by atoms with Crippen LogP contribution < -0.4 is 0 Å². The number of fused-ring (bicyclic) bond motifs is 7. The fourth-order valence-electron chi connectivity index (χ4n) is 12.2. The molecular formula is C36H58O8. The molecule has 0 unspecified atom stereocenters. The van der Waals surface area contributed by atoms with Gasteiger partial charge in [0.25, 0.3) is 0 Å². The normalized spacial score (nSPS) is 52.9. The summed E-state index contributed by atoms with van der Waals surface area (Å²) in [4.78, 5) is 12.9. The quantitative estimate of drug-likeness (QED) is 0.218. The molecule has 5 N–H and O–H groups in total. The number of rotatable bonds is 4. The smallest absolute Gasteiger partial charge is 0.310 e. The Morgan fingerprint density at radius 2 is 1.57 bits per heavy atom. The van der Waals surface area contributed by atoms with Crippen molar-refractivity contribution in [2.24, 2.45) is 50.2 Å². The van der Waals surface area contributed by atoms with Gasteiger partial charge in [0.2, 0.25) is 0 Å². The van der Waals surface area contributed by atoms with Crippen LogP contribution in [0, 0.1) is 50.2 Å². The maximum atomic E-state index is 12.9.